The smallest absolute Gasteiger partial charge is 0.471 e. The predicted octanol–water partition coefficient (Wildman–Crippen LogP) is 11.7. The number of carbonyl (C=O) groups excluding carboxylic acids is 6. The van der Waals surface area contributed by atoms with Gasteiger partial charge in [0.2, 0.25) is 46.3 Å². The Morgan fingerprint density at radius 2 is 0.954 bits per heavy atom. The van der Waals surface area contributed by atoms with Crippen molar-refractivity contribution in [2.75, 3.05) is 76.3 Å². The molecule has 2 aliphatic heterocycles. The summed E-state index contributed by atoms with van der Waals surface area (Å²) in [7, 11) is -13.8. The first kappa shape index (κ1) is 89.1. The number of fused-ring (bicyclic) bond motifs is 2. The number of carbonyl (C=O) groups is 6. The molecule has 0 fully saturated rings. The summed E-state index contributed by atoms with van der Waals surface area (Å²) < 4.78 is 317. The topological polar surface area (TPSA) is 312 Å². The lowest BCUT2D eigenvalue weighted by molar-refractivity contribution is -0.437. The number of rotatable bonds is 39. The van der Waals surface area contributed by atoms with Gasteiger partial charge in [0.05, 0.1) is 59.4 Å². The molecule has 0 bridgehead atoms. The van der Waals surface area contributed by atoms with Crippen molar-refractivity contribution in [3.05, 3.63) is 111 Å². The Kier molecular flexibility index (Phi) is 30.0. The number of aliphatic hydroxyl groups is 1. The van der Waals surface area contributed by atoms with E-state index in [0.29, 0.717) is 11.3 Å². The Balaban J connectivity index is 1.37. The number of halogens is 17. The zero-order chi connectivity index (χ0) is 80.9. The fraction of sp³-hybridized carbons (Fsp3) is 0.523. The van der Waals surface area contributed by atoms with Crippen molar-refractivity contribution in [1.82, 2.24) is 21.3 Å². The Labute approximate surface area is 605 Å². The van der Waals surface area contributed by atoms with Crippen LogP contribution < -0.4 is 41.5 Å². The van der Waals surface area contributed by atoms with Gasteiger partial charge in [0.1, 0.15) is 12.3 Å². The van der Waals surface area contributed by atoms with Gasteiger partial charge in [0, 0.05) is 80.1 Å². The molecule has 3 aliphatic rings. The van der Waals surface area contributed by atoms with Gasteiger partial charge in [-0.3, -0.25) is 42.5 Å². The number of amides is 4. The van der Waals surface area contributed by atoms with E-state index in [4.69, 9.17) is 18.1 Å². The van der Waals surface area contributed by atoms with E-state index < -0.39 is 202 Å². The highest BCUT2D eigenvalue weighted by molar-refractivity contribution is 7.85. The zero-order valence-corrected chi connectivity index (χ0v) is 60.3. The standard InChI is InChI=1S/C65H73F17N6O17P2S/c1-60(2)41-33-37(106(96,101-28-12-7-22-83-56(92)62(71,72)73)102-29-13-8-23-84-57(93)63(74,75)76)18-20-43(41)87(26-11-5-6-17-47(89)105-55-51(69)49(67)48(66)50(68)52(55)70)45(60)35-39-53(90)40(54(39)91)36-46-61(3,4)42-34-38(19-21-44(42)88(46)27-16-32-108(98,99)100)107(97,103-30-14-9-24-85-58(94)64(77,78)79)104-31-15-10-25-86-59(95)65(80,81)82/h18-21,33-36H,5-17,22-32H2,1-4H3,(H5-,83,84,85,86,90,91,92,93,94,95,98,99,100)/p+1. The number of aliphatic hydroxyl groups excluding tert-OH is 1. The van der Waals surface area contributed by atoms with Crippen LogP contribution in [0.25, 0.3) is 0 Å². The number of ketones is 1. The minimum absolute atomic E-state index is 0.0504. The number of nitrogens with zero attached hydrogens (tertiary/aromatic N) is 2. The average Bonchev–Trinajstić information content (AvgIpc) is 1.54. The SMILES string of the molecule is CC1(C)C(/C=C2\C(=O)C(/C=C3/N(CCCCCC(=O)Oc4c(F)c(F)c(F)c(F)c4F)c4ccc(P(=O)(OCCCCNC(=O)C(F)(F)F)OCCCCNC(=O)C(F)(F)F)cc4C3(C)C)=C2O)=[N+](CCCS(=O)(=O)O)c2ccc(P(=O)(OCCCCNC(=O)C(F)(F)F)OCCCCNC(=O)C(F)(F)F)cc21. The Hall–Kier alpha value is -7.81. The van der Waals surface area contributed by atoms with E-state index in [1.54, 1.807) is 53.9 Å². The molecular formula is C65H74F17N6O17P2S+. The normalized spacial score (nSPS) is 16.1. The minimum atomic E-state index is -5.21. The van der Waals surface area contributed by atoms with Gasteiger partial charge in [-0.25, -0.2) is 13.2 Å². The van der Waals surface area contributed by atoms with E-state index in [2.05, 4.69) is 4.74 Å². The molecule has 43 heteroatoms. The molecule has 0 radical (unpaired) electrons. The van der Waals surface area contributed by atoms with Gasteiger partial charge in [-0.15, -0.1) is 0 Å². The average molecular weight is 1630 g/mol. The van der Waals surface area contributed by atoms with E-state index in [1.165, 1.54) is 53.1 Å². The van der Waals surface area contributed by atoms with Crippen LogP contribution in [-0.4, -0.2) is 160 Å². The maximum Gasteiger partial charge on any atom is 0.471 e. The van der Waals surface area contributed by atoms with Crippen molar-refractivity contribution in [3.63, 3.8) is 0 Å². The van der Waals surface area contributed by atoms with Crippen LogP contribution in [0, 0.1) is 29.1 Å². The summed E-state index contributed by atoms with van der Waals surface area (Å²) >= 11 is 0. The summed E-state index contributed by atoms with van der Waals surface area (Å²) in [6, 6.07) is 8.08. The van der Waals surface area contributed by atoms with Crippen molar-refractivity contribution in [3.8, 4) is 5.75 Å². The van der Waals surface area contributed by atoms with E-state index in [0.717, 1.165) is 0 Å². The van der Waals surface area contributed by atoms with Gasteiger partial charge in [0.25, 0.3) is 10.1 Å². The van der Waals surface area contributed by atoms with Gasteiger partial charge in [-0.2, -0.15) is 74.5 Å². The molecular weight excluding hydrogens is 1550 g/mol. The van der Waals surface area contributed by atoms with E-state index in [9.17, 15) is 131 Å². The third-order valence-corrected chi connectivity index (χ3v) is 21.6. The number of ether oxygens (including phenoxy) is 1. The minimum Gasteiger partial charge on any atom is -0.506 e. The number of benzene rings is 3. The van der Waals surface area contributed by atoms with Crippen molar-refractivity contribution >= 4 is 88.4 Å². The van der Waals surface area contributed by atoms with Crippen LogP contribution in [-0.2, 0) is 76.9 Å². The van der Waals surface area contributed by atoms with Gasteiger partial charge in [0.15, 0.2) is 5.71 Å². The third-order valence-electron chi connectivity index (χ3n) is 16.9. The van der Waals surface area contributed by atoms with Crippen LogP contribution in [0.5, 0.6) is 5.75 Å². The zero-order valence-electron chi connectivity index (χ0n) is 57.7. The summed E-state index contributed by atoms with van der Waals surface area (Å²) in [6.07, 6.45) is -20.3. The lowest BCUT2D eigenvalue weighted by atomic mass is 9.77. The molecule has 0 atom stereocenters. The van der Waals surface area contributed by atoms with E-state index in [1.807, 2.05) is 0 Å². The first-order valence-electron chi connectivity index (χ1n) is 33.0. The maximum absolute atomic E-state index is 15.0. The number of anilines is 1. The van der Waals surface area contributed by atoms with Crippen molar-refractivity contribution in [2.45, 2.75) is 147 Å². The fourth-order valence-corrected chi connectivity index (χ4v) is 15.0. The lowest BCUT2D eigenvalue weighted by Crippen LogP contribution is -2.37. The molecule has 23 nitrogen and oxygen atoms in total. The number of hydrogen-bond donors (Lipinski definition) is 6. The summed E-state index contributed by atoms with van der Waals surface area (Å²) in [5.41, 5.74) is -1.89. The fourth-order valence-electron chi connectivity index (χ4n) is 11.2. The Morgan fingerprint density at radius 1 is 0.546 bits per heavy atom. The van der Waals surface area contributed by atoms with Gasteiger partial charge >= 0.3 is 69.5 Å². The highest BCUT2D eigenvalue weighted by atomic mass is 32.2. The molecule has 108 heavy (non-hydrogen) atoms. The summed E-state index contributed by atoms with van der Waals surface area (Å²) in [4.78, 5) is 74.6. The third kappa shape index (κ3) is 22.9. The van der Waals surface area contributed by atoms with Crippen LogP contribution in [0.2, 0.25) is 0 Å². The second-order valence-electron chi connectivity index (χ2n) is 25.5. The quantitative estimate of drug-likeness (QED) is 0.00295. The monoisotopic (exact) mass is 1630 g/mol. The van der Waals surface area contributed by atoms with E-state index in [-0.39, 0.29) is 135 Å². The van der Waals surface area contributed by atoms with Crippen LogP contribution in [0.15, 0.2) is 71.2 Å². The number of esters is 1. The van der Waals surface area contributed by atoms with Gasteiger partial charge < -0.3 is 54.1 Å². The van der Waals surface area contributed by atoms with Crippen LogP contribution in [0.1, 0.15) is 122 Å². The molecule has 0 spiro atoms. The van der Waals surface area contributed by atoms with Crippen molar-refractivity contribution in [1.29, 1.82) is 0 Å². The predicted molar refractivity (Wildman–Crippen MR) is 350 cm³/mol. The molecule has 3 aromatic rings. The van der Waals surface area contributed by atoms with Crippen LogP contribution in [0.4, 0.5) is 86.0 Å². The number of nitrogens with one attached hydrogen (secondary N) is 4. The maximum atomic E-state index is 15.0. The summed E-state index contributed by atoms with van der Waals surface area (Å²) in [5, 5.41) is 18.4. The molecule has 2 heterocycles. The number of Topliss-reactive ketones (excluding diaryl/α,β-unsaturated/α-hetero) is 1. The van der Waals surface area contributed by atoms with Crippen LogP contribution >= 0.6 is 15.2 Å². The number of hydrogen-bond acceptors (Lipinski definition) is 17. The van der Waals surface area contributed by atoms with Gasteiger partial charge in [-0.05, 0) is 120 Å². The highest BCUT2D eigenvalue weighted by Crippen LogP contribution is 2.54. The summed E-state index contributed by atoms with van der Waals surface area (Å²) in [5.74, 6) is -26.6. The van der Waals surface area contributed by atoms with Crippen molar-refractivity contribution < 1.29 is 158 Å². The summed E-state index contributed by atoms with van der Waals surface area (Å²) in [6.45, 7) is 2.17. The van der Waals surface area contributed by atoms with Crippen molar-refractivity contribution in [2.24, 2.45) is 0 Å². The molecule has 0 saturated heterocycles. The molecule has 4 amide bonds. The number of allylic oxidation sites excluding steroid dienone is 5. The Morgan fingerprint density at radius 3 is 1.36 bits per heavy atom. The molecule has 6 rings (SSSR count). The highest BCUT2D eigenvalue weighted by Gasteiger charge is 2.50. The van der Waals surface area contributed by atoms with E-state index >= 15 is 0 Å². The van der Waals surface area contributed by atoms with Crippen LogP contribution in [0.3, 0.4) is 0 Å². The second-order valence-corrected chi connectivity index (χ2v) is 31.1. The molecule has 0 saturated carbocycles. The molecule has 600 valence electrons. The molecule has 3 aromatic carbocycles. The lowest BCUT2D eigenvalue weighted by Gasteiger charge is -2.29. The van der Waals surface area contributed by atoms with Gasteiger partial charge in [-0.1, -0.05) is 20.3 Å². The molecule has 0 unspecified atom stereocenters. The first-order valence-corrected chi connectivity index (χ1v) is 37.7. The molecule has 0 aromatic heterocycles. The number of unbranched alkanes of at least 4 members (excludes halogenated alkanes) is 6. The largest absolute Gasteiger partial charge is 0.506 e. The number of alkyl halides is 12. The molecule has 1 aliphatic carbocycles. The second kappa shape index (κ2) is 36.4. The first-order chi connectivity index (χ1) is 50.0. The Bertz CT molecular complexity index is 4130. The molecule has 6 N–H and O–H groups in total.